The molecule has 0 saturated carbocycles. The van der Waals surface area contributed by atoms with Crippen LogP contribution < -0.4 is 0 Å². The predicted molar refractivity (Wildman–Crippen MR) is 58.7 cm³/mol. The second-order valence-corrected chi connectivity index (χ2v) is 3.90. The van der Waals surface area contributed by atoms with Crippen LogP contribution in [-0.2, 0) is 6.42 Å². The average Bonchev–Trinajstić information content (AvgIpc) is 2.47. The fourth-order valence-corrected chi connectivity index (χ4v) is 1.65. The van der Waals surface area contributed by atoms with E-state index in [-0.39, 0.29) is 0 Å². The minimum Gasteiger partial charge on any atom is -0.248 e. The van der Waals surface area contributed by atoms with E-state index in [1.807, 2.05) is 0 Å². The first-order valence-corrected chi connectivity index (χ1v) is 5.42. The fraction of sp³-hybridized carbons (Fsp3) is 0.0769. The van der Waals surface area contributed by atoms with E-state index in [1.165, 1.54) is 0 Å². The fourth-order valence-electron chi connectivity index (χ4n) is 1.65. The Bertz CT molecular complexity index is 737. The third kappa shape index (κ3) is 2.42. The zero-order valence-electron chi connectivity index (χ0n) is 10.0. The van der Waals surface area contributed by atoms with E-state index in [9.17, 15) is 26.3 Å². The number of hydrogen-bond donors (Lipinski definition) is 0. The average molecular weight is 302 g/mol. The molecule has 0 N–H and O–H groups in total. The van der Waals surface area contributed by atoms with Crippen molar-refractivity contribution in [3.63, 3.8) is 0 Å². The molecule has 0 aliphatic rings. The van der Waals surface area contributed by atoms with Crippen LogP contribution in [0.25, 0.3) is 11.3 Å². The summed E-state index contributed by atoms with van der Waals surface area (Å²) < 4.78 is 79.6. The number of nitrogens with zero attached hydrogens (tertiary/aromatic N) is 2. The Hall–Kier alpha value is -2.56. The van der Waals surface area contributed by atoms with Crippen LogP contribution in [0.5, 0.6) is 0 Å². The van der Waals surface area contributed by atoms with Crippen LogP contribution in [-0.4, -0.2) is 4.98 Å². The van der Waals surface area contributed by atoms with Crippen LogP contribution in [0.1, 0.15) is 5.69 Å². The second kappa shape index (κ2) is 5.44. The molecule has 1 heterocycles. The largest absolute Gasteiger partial charge is 0.248 e. The Balaban J connectivity index is 2.74. The minimum atomic E-state index is -2.30. The summed E-state index contributed by atoms with van der Waals surface area (Å²) in [6.45, 7) is 0. The van der Waals surface area contributed by atoms with Crippen LogP contribution in [0, 0.1) is 46.2 Å². The lowest BCUT2D eigenvalue weighted by Crippen LogP contribution is -2.06. The van der Waals surface area contributed by atoms with Gasteiger partial charge in [-0.1, -0.05) is 0 Å². The quantitative estimate of drug-likeness (QED) is 0.482. The van der Waals surface area contributed by atoms with Crippen molar-refractivity contribution in [2.45, 2.75) is 6.42 Å². The van der Waals surface area contributed by atoms with Gasteiger partial charge in [0.25, 0.3) is 0 Å². The minimum absolute atomic E-state index is 0.459. The van der Waals surface area contributed by atoms with Crippen molar-refractivity contribution < 1.29 is 26.3 Å². The SMILES string of the molecule is N#CCc1nc(-c2c(F)c(F)c(F)c(F)c2F)ccc1F. The Labute approximate surface area is 114 Å². The third-order valence-corrected chi connectivity index (χ3v) is 2.63. The number of pyridine rings is 1. The Morgan fingerprint density at radius 2 is 1.38 bits per heavy atom. The first-order chi connectivity index (χ1) is 9.88. The highest BCUT2D eigenvalue weighted by Crippen LogP contribution is 2.30. The first kappa shape index (κ1) is 14.8. The smallest absolute Gasteiger partial charge is 0.200 e. The first-order valence-electron chi connectivity index (χ1n) is 5.42. The van der Waals surface area contributed by atoms with E-state index in [4.69, 9.17) is 5.26 Å². The van der Waals surface area contributed by atoms with Gasteiger partial charge in [0.1, 0.15) is 5.82 Å². The standard InChI is InChI=1S/C13H4F6N2/c14-5-1-2-7(21-6(5)3-4-20)8-9(15)11(17)13(19)12(18)10(8)16/h1-2H,3H2. The Kier molecular flexibility index (Phi) is 3.84. The van der Waals surface area contributed by atoms with Crippen LogP contribution >= 0.6 is 0 Å². The highest BCUT2D eigenvalue weighted by molar-refractivity contribution is 5.61. The molecule has 0 fully saturated rings. The number of halogens is 6. The van der Waals surface area contributed by atoms with E-state index in [1.54, 1.807) is 6.07 Å². The van der Waals surface area contributed by atoms with E-state index in [0.717, 1.165) is 12.1 Å². The number of rotatable bonds is 2. The van der Waals surface area contributed by atoms with Gasteiger partial charge in [0.05, 0.1) is 29.4 Å². The van der Waals surface area contributed by atoms with Gasteiger partial charge in [-0.05, 0) is 12.1 Å². The molecule has 0 saturated heterocycles. The summed E-state index contributed by atoms with van der Waals surface area (Å²) in [5.41, 5.74) is -2.39. The van der Waals surface area contributed by atoms with Gasteiger partial charge in [-0.15, -0.1) is 0 Å². The predicted octanol–water partition coefficient (Wildman–Crippen LogP) is 3.65. The molecule has 0 aliphatic carbocycles. The zero-order valence-corrected chi connectivity index (χ0v) is 10.0. The summed E-state index contributed by atoms with van der Waals surface area (Å²) in [4.78, 5) is 3.43. The maximum absolute atomic E-state index is 13.6. The molecule has 0 spiro atoms. The Morgan fingerprint density at radius 1 is 0.857 bits per heavy atom. The molecule has 21 heavy (non-hydrogen) atoms. The lowest BCUT2D eigenvalue weighted by molar-refractivity contribution is 0.381. The second-order valence-electron chi connectivity index (χ2n) is 3.90. The molecule has 1 aromatic heterocycles. The Morgan fingerprint density at radius 3 is 1.90 bits per heavy atom. The van der Waals surface area contributed by atoms with E-state index < -0.39 is 58.3 Å². The van der Waals surface area contributed by atoms with Crippen molar-refractivity contribution in [2.24, 2.45) is 0 Å². The summed E-state index contributed by atoms with van der Waals surface area (Å²) in [7, 11) is 0. The van der Waals surface area contributed by atoms with Gasteiger partial charge in [0.2, 0.25) is 5.82 Å². The molecular weight excluding hydrogens is 298 g/mol. The molecule has 0 bridgehead atoms. The summed E-state index contributed by atoms with van der Waals surface area (Å²) in [5, 5.41) is 8.46. The molecule has 0 radical (unpaired) electrons. The van der Waals surface area contributed by atoms with Crippen molar-refractivity contribution >= 4 is 0 Å². The molecule has 0 atom stereocenters. The monoisotopic (exact) mass is 302 g/mol. The molecule has 2 aromatic rings. The molecule has 2 nitrogen and oxygen atoms in total. The van der Waals surface area contributed by atoms with Gasteiger partial charge in [0.15, 0.2) is 23.3 Å². The van der Waals surface area contributed by atoms with Crippen molar-refractivity contribution in [2.75, 3.05) is 0 Å². The lowest BCUT2D eigenvalue weighted by atomic mass is 10.1. The highest BCUT2D eigenvalue weighted by Gasteiger charge is 2.27. The van der Waals surface area contributed by atoms with Gasteiger partial charge in [-0.25, -0.2) is 31.3 Å². The molecule has 2 rings (SSSR count). The molecule has 0 amide bonds. The third-order valence-electron chi connectivity index (χ3n) is 2.63. The summed E-state index contributed by atoms with van der Waals surface area (Å²) in [5.74, 6) is -11.6. The van der Waals surface area contributed by atoms with E-state index >= 15 is 0 Å². The number of hydrogen-bond acceptors (Lipinski definition) is 2. The normalized spacial score (nSPS) is 10.5. The molecular formula is C13H4F6N2. The molecule has 0 unspecified atom stereocenters. The number of aromatic nitrogens is 1. The van der Waals surface area contributed by atoms with Crippen molar-refractivity contribution in [1.29, 1.82) is 5.26 Å². The topological polar surface area (TPSA) is 36.7 Å². The molecule has 108 valence electrons. The zero-order chi connectivity index (χ0) is 15.7. The van der Waals surface area contributed by atoms with Crippen LogP contribution in [0.15, 0.2) is 12.1 Å². The summed E-state index contributed by atoms with van der Waals surface area (Å²) in [6, 6.07) is 3.05. The van der Waals surface area contributed by atoms with Gasteiger partial charge in [-0.2, -0.15) is 5.26 Å². The number of nitriles is 1. The maximum atomic E-state index is 13.6. The van der Waals surface area contributed by atoms with Crippen molar-refractivity contribution in [3.05, 3.63) is 52.7 Å². The summed E-state index contributed by atoms with van der Waals surface area (Å²) >= 11 is 0. The molecule has 8 heteroatoms. The molecule has 1 aromatic carbocycles. The summed E-state index contributed by atoms with van der Waals surface area (Å²) in [6.07, 6.45) is -0.519. The molecule has 0 aliphatic heterocycles. The van der Waals surface area contributed by atoms with Crippen LogP contribution in [0.3, 0.4) is 0 Å². The highest BCUT2D eigenvalue weighted by atomic mass is 19.2. The van der Waals surface area contributed by atoms with Gasteiger partial charge in [-0.3, -0.25) is 0 Å². The van der Waals surface area contributed by atoms with Gasteiger partial charge >= 0.3 is 0 Å². The van der Waals surface area contributed by atoms with Crippen molar-refractivity contribution in [1.82, 2.24) is 4.98 Å². The van der Waals surface area contributed by atoms with Gasteiger partial charge in [0, 0.05) is 0 Å². The lowest BCUT2D eigenvalue weighted by Gasteiger charge is -2.09. The van der Waals surface area contributed by atoms with Crippen molar-refractivity contribution in [3.8, 4) is 17.3 Å². The van der Waals surface area contributed by atoms with E-state index in [2.05, 4.69) is 4.98 Å². The van der Waals surface area contributed by atoms with Crippen LogP contribution in [0.2, 0.25) is 0 Å². The van der Waals surface area contributed by atoms with Crippen LogP contribution in [0.4, 0.5) is 26.3 Å². The maximum Gasteiger partial charge on any atom is 0.200 e. The van der Waals surface area contributed by atoms with E-state index in [0.29, 0.717) is 0 Å². The van der Waals surface area contributed by atoms with Gasteiger partial charge < -0.3 is 0 Å². The number of benzene rings is 1.